The number of benzene rings is 3. The van der Waals surface area contributed by atoms with E-state index in [0.717, 1.165) is 0 Å². The zero-order chi connectivity index (χ0) is 21.6. The minimum absolute atomic E-state index is 0.0571. The van der Waals surface area contributed by atoms with Crippen LogP contribution >= 0.6 is 11.6 Å². The van der Waals surface area contributed by atoms with Crippen LogP contribution in [0.2, 0.25) is 5.02 Å². The average molecular weight is 438 g/mol. The zero-order valence-corrected chi connectivity index (χ0v) is 17.0. The summed E-state index contributed by atoms with van der Waals surface area (Å²) in [6.07, 6.45) is 1.54. The van der Waals surface area contributed by atoms with Crippen LogP contribution in [0.3, 0.4) is 0 Å². The lowest BCUT2D eigenvalue weighted by Crippen LogP contribution is -2.10. The number of ether oxygens (including phenoxy) is 3. The number of hydrogen-bond donors (Lipinski definition) is 0. The molecule has 0 fully saturated rings. The number of carbonyl (C=O) groups is 1. The molecule has 0 atom stereocenters. The predicted octanol–water partition coefficient (Wildman–Crippen LogP) is 5.28. The maximum atomic E-state index is 14.0. The number of rotatable bonds is 7. The van der Waals surface area contributed by atoms with Crippen LogP contribution in [-0.4, -0.2) is 25.1 Å². The molecule has 0 spiro atoms. The first-order valence-electron chi connectivity index (χ1n) is 9.48. The van der Waals surface area contributed by atoms with Gasteiger partial charge in [0.25, 0.3) is 0 Å². The van der Waals surface area contributed by atoms with Gasteiger partial charge in [0.15, 0.2) is 5.70 Å². The molecular formula is C24H17ClFNO4. The molecule has 1 heterocycles. The van der Waals surface area contributed by atoms with Gasteiger partial charge in [-0.2, -0.15) is 0 Å². The normalized spacial score (nSPS) is 14.3. The summed E-state index contributed by atoms with van der Waals surface area (Å²) in [7, 11) is 0. The summed E-state index contributed by atoms with van der Waals surface area (Å²) in [5, 5.41) is 0.524. The van der Waals surface area contributed by atoms with E-state index in [9.17, 15) is 9.18 Å². The smallest absolute Gasteiger partial charge is 0.363 e. The van der Waals surface area contributed by atoms with Crippen molar-refractivity contribution in [2.45, 2.75) is 0 Å². The number of nitrogens with zero attached hydrogens (tertiary/aromatic N) is 1. The van der Waals surface area contributed by atoms with E-state index in [-0.39, 0.29) is 30.4 Å². The molecule has 1 aliphatic rings. The summed E-state index contributed by atoms with van der Waals surface area (Å²) in [5.74, 6) is -0.125. The van der Waals surface area contributed by atoms with E-state index in [1.54, 1.807) is 48.5 Å². The van der Waals surface area contributed by atoms with Gasteiger partial charge in [-0.3, -0.25) is 0 Å². The molecule has 0 N–H and O–H groups in total. The zero-order valence-electron chi connectivity index (χ0n) is 16.3. The Morgan fingerprint density at radius 1 is 0.903 bits per heavy atom. The lowest BCUT2D eigenvalue weighted by atomic mass is 10.1. The number of halogens is 2. The Morgan fingerprint density at radius 3 is 2.32 bits per heavy atom. The average Bonchev–Trinajstić information content (AvgIpc) is 3.13. The summed E-state index contributed by atoms with van der Waals surface area (Å²) < 4.78 is 30.5. The van der Waals surface area contributed by atoms with E-state index < -0.39 is 11.8 Å². The van der Waals surface area contributed by atoms with Gasteiger partial charge >= 0.3 is 5.97 Å². The molecule has 1 aliphatic heterocycles. The first kappa shape index (κ1) is 20.6. The molecule has 5 nitrogen and oxygen atoms in total. The third-order valence-electron chi connectivity index (χ3n) is 4.37. The van der Waals surface area contributed by atoms with Crippen LogP contribution in [0, 0.1) is 5.82 Å². The molecule has 4 rings (SSSR count). The second kappa shape index (κ2) is 9.45. The fourth-order valence-corrected chi connectivity index (χ4v) is 3.09. The van der Waals surface area contributed by atoms with Gasteiger partial charge in [-0.15, -0.1) is 0 Å². The van der Waals surface area contributed by atoms with Crippen molar-refractivity contribution in [2.75, 3.05) is 13.2 Å². The van der Waals surface area contributed by atoms with Gasteiger partial charge in [0.1, 0.15) is 30.5 Å². The van der Waals surface area contributed by atoms with Crippen LogP contribution < -0.4 is 9.47 Å². The Balaban J connectivity index is 1.47. The molecule has 0 aromatic heterocycles. The summed E-state index contributed by atoms with van der Waals surface area (Å²) in [6, 6.07) is 20.3. The SMILES string of the molecule is O=C1OC(c2ccccc2F)=NC1=Cc1ccccc1OCCOc1ccccc1Cl. The molecule has 0 radical (unpaired) electrons. The van der Waals surface area contributed by atoms with E-state index in [4.69, 9.17) is 25.8 Å². The van der Waals surface area contributed by atoms with Crippen LogP contribution in [0.25, 0.3) is 6.08 Å². The van der Waals surface area contributed by atoms with Crippen LogP contribution in [0.1, 0.15) is 11.1 Å². The van der Waals surface area contributed by atoms with Gasteiger partial charge in [-0.25, -0.2) is 14.2 Å². The molecule has 3 aromatic carbocycles. The quantitative estimate of drug-likeness (QED) is 0.286. The second-order valence-electron chi connectivity index (χ2n) is 6.48. The Bertz CT molecular complexity index is 1180. The predicted molar refractivity (Wildman–Crippen MR) is 116 cm³/mol. The molecule has 0 unspecified atom stereocenters. The highest BCUT2D eigenvalue weighted by Gasteiger charge is 2.26. The second-order valence-corrected chi connectivity index (χ2v) is 6.89. The Hall–Kier alpha value is -3.64. The summed E-state index contributed by atoms with van der Waals surface area (Å²) in [6.45, 7) is 0.547. The molecular weight excluding hydrogens is 421 g/mol. The monoisotopic (exact) mass is 437 g/mol. The van der Waals surface area contributed by atoms with Crippen molar-refractivity contribution < 1.29 is 23.4 Å². The summed E-state index contributed by atoms with van der Waals surface area (Å²) in [5.41, 5.74) is 0.813. The third-order valence-corrected chi connectivity index (χ3v) is 4.68. The van der Waals surface area contributed by atoms with Crippen molar-refractivity contribution in [3.05, 3.63) is 100 Å². The number of aliphatic imine (C=N–C) groups is 1. The highest BCUT2D eigenvalue weighted by molar-refractivity contribution is 6.32. The van der Waals surface area contributed by atoms with Crippen molar-refractivity contribution in [1.82, 2.24) is 0 Å². The largest absolute Gasteiger partial charge is 0.489 e. The molecule has 31 heavy (non-hydrogen) atoms. The number of cyclic esters (lactones) is 1. The molecule has 156 valence electrons. The fraction of sp³-hybridized carbons (Fsp3) is 0.0833. The van der Waals surface area contributed by atoms with Gasteiger partial charge in [0, 0.05) is 5.56 Å². The third kappa shape index (κ3) is 4.92. The summed E-state index contributed by atoms with van der Waals surface area (Å²) >= 11 is 6.07. The maximum Gasteiger partial charge on any atom is 0.363 e. The molecule has 0 saturated carbocycles. The number of para-hydroxylation sites is 2. The Morgan fingerprint density at radius 2 is 1.55 bits per heavy atom. The van der Waals surface area contributed by atoms with Gasteiger partial charge in [0.05, 0.1) is 10.6 Å². The minimum Gasteiger partial charge on any atom is -0.489 e. The highest BCUT2D eigenvalue weighted by atomic mass is 35.5. The topological polar surface area (TPSA) is 57.1 Å². The first-order chi connectivity index (χ1) is 15.1. The van der Waals surface area contributed by atoms with Crippen LogP contribution in [-0.2, 0) is 9.53 Å². The van der Waals surface area contributed by atoms with E-state index in [2.05, 4.69) is 4.99 Å². The van der Waals surface area contributed by atoms with Gasteiger partial charge in [-0.05, 0) is 36.4 Å². The molecule has 0 amide bonds. The van der Waals surface area contributed by atoms with E-state index in [1.165, 1.54) is 12.1 Å². The van der Waals surface area contributed by atoms with Crippen molar-refractivity contribution >= 4 is 29.5 Å². The molecule has 0 saturated heterocycles. The van der Waals surface area contributed by atoms with E-state index in [0.29, 0.717) is 22.1 Å². The molecule has 7 heteroatoms. The molecule has 0 aliphatic carbocycles. The minimum atomic E-state index is -0.657. The van der Waals surface area contributed by atoms with Gasteiger partial charge < -0.3 is 14.2 Å². The van der Waals surface area contributed by atoms with Gasteiger partial charge in [-0.1, -0.05) is 54.1 Å². The molecule has 0 bridgehead atoms. The lowest BCUT2D eigenvalue weighted by molar-refractivity contribution is -0.129. The van der Waals surface area contributed by atoms with E-state index >= 15 is 0 Å². The first-order valence-corrected chi connectivity index (χ1v) is 9.86. The van der Waals surface area contributed by atoms with E-state index in [1.807, 2.05) is 18.2 Å². The number of carbonyl (C=O) groups excluding carboxylic acids is 1. The van der Waals surface area contributed by atoms with Crippen molar-refractivity contribution in [2.24, 2.45) is 4.99 Å². The summed E-state index contributed by atoms with van der Waals surface area (Å²) in [4.78, 5) is 16.4. The van der Waals surface area contributed by atoms with Gasteiger partial charge in [0.2, 0.25) is 5.90 Å². The fourth-order valence-electron chi connectivity index (χ4n) is 2.90. The van der Waals surface area contributed by atoms with Crippen LogP contribution in [0.5, 0.6) is 11.5 Å². The highest BCUT2D eigenvalue weighted by Crippen LogP contribution is 2.26. The Kier molecular flexibility index (Phi) is 6.29. The Labute approximate surface area is 183 Å². The van der Waals surface area contributed by atoms with Crippen LogP contribution in [0.4, 0.5) is 4.39 Å². The van der Waals surface area contributed by atoms with Crippen molar-refractivity contribution in [3.63, 3.8) is 0 Å². The van der Waals surface area contributed by atoms with Crippen molar-refractivity contribution in [1.29, 1.82) is 0 Å². The van der Waals surface area contributed by atoms with Crippen LogP contribution in [0.15, 0.2) is 83.5 Å². The standard InChI is InChI=1S/C24H17ClFNO4/c25-18-9-3-6-12-22(18)30-14-13-29-21-11-5-1-7-16(21)15-20-24(28)31-23(27-20)17-8-2-4-10-19(17)26/h1-12,15H,13-14H2. The molecule has 3 aromatic rings. The number of esters is 1. The lowest BCUT2D eigenvalue weighted by Gasteiger charge is -2.11. The van der Waals surface area contributed by atoms with Crippen molar-refractivity contribution in [3.8, 4) is 11.5 Å². The number of hydrogen-bond acceptors (Lipinski definition) is 5. The maximum absolute atomic E-state index is 14.0.